The van der Waals surface area contributed by atoms with Crippen LogP contribution in [-0.4, -0.2) is 54.5 Å². The van der Waals surface area contributed by atoms with E-state index in [0.29, 0.717) is 23.3 Å². The van der Waals surface area contributed by atoms with Gasteiger partial charge in [-0.25, -0.2) is 4.99 Å². The maximum atomic E-state index is 12.1. The molecule has 0 bridgehead atoms. The fourth-order valence-corrected chi connectivity index (χ4v) is 4.51. The van der Waals surface area contributed by atoms with Gasteiger partial charge in [0.05, 0.1) is 29.4 Å². The molecule has 4 rings (SSSR count). The van der Waals surface area contributed by atoms with Crippen LogP contribution in [0.4, 0.5) is 0 Å². The highest BCUT2D eigenvalue weighted by Crippen LogP contribution is 2.44. The molecule has 38 heavy (non-hydrogen) atoms. The summed E-state index contributed by atoms with van der Waals surface area (Å²) in [7, 11) is 1.68. The Kier molecular flexibility index (Phi) is 13.7. The molecule has 2 heterocycles. The van der Waals surface area contributed by atoms with Crippen LogP contribution in [0.25, 0.3) is 0 Å². The van der Waals surface area contributed by atoms with Gasteiger partial charge in [0.25, 0.3) is 0 Å². The molecular weight excluding hydrogens is 502 g/mol. The second-order valence-electron chi connectivity index (χ2n) is 10.1. The Morgan fingerprint density at radius 1 is 1.26 bits per heavy atom. The summed E-state index contributed by atoms with van der Waals surface area (Å²) in [5, 5.41) is 0.627. The van der Waals surface area contributed by atoms with E-state index in [9.17, 15) is 4.79 Å². The van der Waals surface area contributed by atoms with E-state index in [-0.39, 0.29) is 23.1 Å². The third-order valence-electron chi connectivity index (χ3n) is 6.84. The van der Waals surface area contributed by atoms with E-state index in [4.69, 9.17) is 27.8 Å². The third kappa shape index (κ3) is 9.52. The number of amides is 1. The van der Waals surface area contributed by atoms with Crippen molar-refractivity contribution in [2.45, 2.75) is 90.3 Å². The number of rotatable bonds is 6. The standard InChI is InChI=1S/C12H15ClN2O.C12H21N3O.C3H8O.C2H2/c1-12(2)6-10(15-7-14)8-4-3-5-9(13)11(8)16-12;1-3-12(4-2)7-10(16)15(11(13)14-12)8-9-5-6-9;1-3-4-2;1-2/h3-5,7,10H,6H2,1-2H3,(H2,14,15);9H,3-8H2,1-2H3,(H2,13,14);3H2,1-2H3;1-2H. The van der Waals surface area contributed by atoms with E-state index < -0.39 is 0 Å². The molecule has 1 unspecified atom stereocenters. The maximum absolute atomic E-state index is 12.1. The van der Waals surface area contributed by atoms with Crippen molar-refractivity contribution >= 4 is 29.8 Å². The van der Waals surface area contributed by atoms with Crippen molar-refractivity contribution in [3.05, 3.63) is 28.8 Å². The lowest BCUT2D eigenvalue weighted by molar-refractivity contribution is -0.129. The molecule has 2 aliphatic heterocycles. The van der Waals surface area contributed by atoms with Crippen LogP contribution in [0, 0.1) is 18.8 Å². The highest BCUT2D eigenvalue weighted by atomic mass is 35.5. The van der Waals surface area contributed by atoms with Gasteiger partial charge in [0, 0.05) is 32.2 Å². The number of halogens is 1. The molecule has 3 aliphatic rings. The van der Waals surface area contributed by atoms with Crippen molar-refractivity contribution in [3.8, 4) is 18.6 Å². The average molecular weight is 548 g/mol. The first-order chi connectivity index (χ1) is 18.0. The molecular formula is C29H46ClN5O3. The summed E-state index contributed by atoms with van der Waals surface area (Å²) < 4.78 is 10.4. The van der Waals surface area contributed by atoms with Crippen molar-refractivity contribution in [3.63, 3.8) is 0 Å². The lowest BCUT2D eigenvalue weighted by Crippen LogP contribution is -2.51. The van der Waals surface area contributed by atoms with Crippen molar-refractivity contribution < 1.29 is 14.3 Å². The van der Waals surface area contributed by atoms with Crippen LogP contribution in [-0.2, 0) is 9.53 Å². The molecule has 0 radical (unpaired) electrons. The molecule has 0 saturated heterocycles. The van der Waals surface area contributed by atoms with Crippen LogP contribution in [0.1, 0.15) is 84.7 Å². The monoisotopic (exact) mass is 547 g/mol. The summed E-state index contributed by atoms with van der Waals surface area (Å²) in [6.07, 6.45) is 14.9. The van der Waals surface area contributed by atoms with Crippen LogP contribution in [0.15, 0.2) is 28.2 Å². The minimum Gasteiger partial charge on any atom is -0.486 e. The number of aliphatic imine (C=N–C) groups is 2. The van der Waals surface area contributed by atoms with Crippen molar-refractivity contribution in [1.82, 2.24) is 4.90 Å². The van der Waals surface area contributed by atoms with Gasteiger partial charge in [0.2, 0.25) is 5.91 Å². The van der Waals surface area contributed by atoms with Crippen LogP contribution in [0.2, 0.25) is 5.02 Å². The van der Waals surface area contributed by atoms with Gasteiger partial charge in [-0.2, -0.15) is 0 Å². The Bertz CT molecular complexity index is 966. The molecule has 8 nitrogen and oxygen atoms in total. The van der Waals surface area contributed by atoms with Crippen LogP contribution >= 0.6 is 11.6 Å². The zero-order valence-electron chi connectivity index (χ0n) is 23.9. The fraction of sp³-hybridized carbons (Fsp3) is 0.621. The first-order valence-corrected chi connectivity index (χ1v) is 13.6. The number of guanidine groups is 1. The minimum atomic E-state index is -0.269. The number of fused-ring (bicyclic) bond motifs is 1. The van der Waals surface area contributed by atoms with Gasteiger partial charge in [-0.1, -0.05) is 37.6 Å². The zero-order chi connectivity index (χ0) is 28.9. The van der Waals surface area contributed by atoms with Crippen LogP contribution in [0.5, 0.6) is 5.75 Å². The fourth-order valence-electron chi connectivity index (χ4n) is 4.29. The lowest BCUT2D eigenvalue weighted by atomic mass is 9.88. The van der Waals surface area contributed by atoms with Gasteiger partial charge in [0.1, 0.15) is 11.4 Å². The van der Waals surface area contributed by atoms with Crippen molar-refractivity contribution in [2.75, 3.05) is 20.3 Å². The average Bonchev–Trinajstić information content (AvgIpc) is 3.72. The smallest absolute Gasteiger partial charge is 0.231 e. The predicted octanol–water partition coefficient (Wildman–Crippen LogP) is 5.33. The Labute approximate surface area is 234 Å². The largest absolute Gasteiger partial charge is 0.486 e. The number of ether oxygens (including phenoxy) is 2. The number of para-hydroxylation sites is 1. The molecule has 1 aromatic carbocycles. The zero-order valence-corrected chi connectivity index (χ0v) is 24.6. The van der Waals surface area contributed by atoms with Crippen LogP contribution < -0.4 is 16.2 Å². The first-order valence-electron chi connectivity index (χ1n) is 13.2. The summed E-state index contributed by atoms with van der Waals surface area (Å²) in [5.41, 5.74) is 11.8. The molecule has 0 aromatic heterocycles. The van der Waals surface area contributed by atoms with Gasteiger partial charge in [-0.05, 0) is 58.4 Å². The van der Waals surface area contributed by atoms with Crippen LogP contribution in [0.3, 0.4) is 0 Å². The number of hydrogen-bond donors (Lipinski definition) is 2. The number of nitrogens with two attached hydrogens (primary N) is 2. The summed E-state index contributed by atoms with van der Waals surface area (Å²) in [6.45, 7) is 11.8. The number of hydrogen-bond acceptors (Lipinski definition) is 6. The minimum absolute atomic E-state index is 0.0300. The van der Waals surface area contributed by atoms with E-state index >= 15 is 0 Å². The van der Waals surface area contributed by atoms with Gasteiger partial charge in [0.15, 0.2) is 5.96 Å². The molecule has 1 amide bonds. The van der Waals surface area contributed by atoms with Gasteiger partial charge in [-0.15, -0.1) is 12.8 Å². The molecule has 1 fully saturated rings. The summed E-state index contributed by atoms with van der Waals surface area (Å²) in [6, 6.07) is 5.74. The molecule has 1 aromatic rings. The Balaban J connectivity index is 0.000000316. The van der Waals surface area contributed by atoms with Gasteiger partial charge >= 0.3 is 0 Å². The SMILES string of the molecule is C#C.CC1(C)CC(N=CN)c2cccc(Cl)c2O1.CCC1(CC)CC(=O)N(CC2CC2)C(N)=N1.CCOC. The molecule has 1 atom stereocenters. The Hall–Kier alpha value is -2.76. The molecule has 0 spiro atoms. The second-order valence-corrected chi connectivity index (χ2v) is 10.5. The van der Waals surface area contributed by atoms with Gasteiger partial charge < -0.3 is 20.9 Å². The molecule has 1 aliphatic carbocycles. The quantitative estimate of drug-likeness (QED) is 0.283. The molecule has 9 heteroatoms. The first kappa shape index (κ1) is 33.3. The van der Waals surface area contributed by atoms with E-state index in [1.807, 2.05) is 39.0 Å². The summed E-state index contributed by atoms with van der Waals surface area (Å²) >= 11 is 6.13. The number of terminal acetylenes is 1. The normalized spacial score (nSPS) is 20.8. The molecule has 4 N–H and O–H groups in total. The van der Waals surface area contributed by atoms with Gasteiger partial charge in [-0.3, -0.25) is 14.7 Å². The Morgan fingerprint density at radius 3 is 2.34 bits per heavy atom. The van der Waals surface area contributed by atoms with Crippen molar-refractivity contribution in [2.24, 2.45) is 27.4 Å². The number of carbonyl (C=O) groups excluding carboxylic acids is 1. The second kappa shape index (κ2) is 15.6. The van der Waals surface area contributed by atoms with E-state index in [0.717, 1.165) is 43.7 Å². The number of nitrogens with zero attached hydrogens (tertiary/aromatic N) is 3. The van der Waals surface area contributed by atoms with E-state index in [2.05, 4.69) is 41.4 Å². The molecule has 212 valence electrons. The summed E-state index contributed by atoms with van der Waals surface area (Å²) in [4.78, 5) is 22.6. The number of carbonyl (C=O) groups is 1. The van der Waals surface area contributed by atoms with Crippen molar-refractivity contribution in [1.29, 1.82) is 0 Å². The topological polar surface area (TPSA) is 116 Å². The number of methoxy groups -OCH3 is 1. The number of benzene rings is 1. The van der Waals surface area contributed by atoms with E-state index in [1.165, 1.54) is 19.2 Å². The Morgan fingerprint density at radius 2 is 1.87 bits per heavy atom. The highest BCUT2D eigenvalue weighted by molar-refractivity contribution is 6.32. The third-order valence-corrected chi connectivity index (χ3v) is 7.14. The predicted molar refractivity (Wildman–Crippen MR) is 158 cm³/mol. The highest BCUT2D eigenvalue weighted by Gasteiger charge is 2.39. The maximum Gasteiger partial charge on any atom is 0.231 e. The molecule has 1 saturated carbocycles. The lowest BCUT2D eigenvalue weighted by Gasteiger charge is -2.36. The van der Waals surface area contributed by atoms with E-state index in [1.54, 1.807) is 12.0 Å². The summed E-state index contributed by atoms with van der Waals surface area (Å²) in [5.74, 6) is 1.99.